The van der Waals surface area contributed by atoms with E-state index in [4.69, 9.17) is 16.3 Å². The van der Waals surface area contributed by atoms with Crippen LogP contribution in [0.4, 0.5) is 0 Å². The van der Waals surface area contributed by atoms with Crippen LogP contribution in [0.2, 0.25) is 0 Å². The molecule has 34 heavy (non-hydrogen) atoms. The Morgan fingerprint density at radius 3 is 1.53 bits per heavy atom. The van der Waals surface area contributed by atoms with Crippen LogP contribution in [-0.2, 0) is 29.2 Å². The highest BCUT2D eigenvalue weighted by atomic mass is 35.5. The van der Waals surface area contributed by atoms with Crippen molar-refractivity contribution >= 4 is 17.6 Å². The molecule has 0 N–H and O–H groups in total. The zero-order valence-corrected chi connectivity index (χ0v) is 19.7. The minimum Gasteiger partial charge on any atom is -0.460 e. The van der Waals surface area contributed by atoms with E-state index >= 15 is 0 Å². The number of esters is 1. The fourth-order valence-corrected chi connectivity index (χ4v) is 4.38. The summed E-state index contributed by atoms with van der Waals surface area (Å²) >= 11 is 7.03. The van der Waals surface area contributed by atoms with Crippen LogP contribution in [0.3, 0.4) is 0 Å². The lowest BCUT2D eigenvalue weighted by Gasteiger charge is -2.33. The summed E-state index contributed by atoms with van der Waals surface area (Å²) in [6, 6.07) is 39.1. The van der Waals surface area contributed by atoms with Crippen LogP contribution in [0.1, 0.15) is 27.6 Å². The van der Waals surface area contributed by atoms with Gasteiger partial charge in [-0.15, -0.1) is 11.6 Å². The molecule has 0 saturated heterocycles. The van der Waals surface area contributed by atoms with Gasteiger partial charge in [0.15, 0.2) is 0 Å². The molecule has 4 heteroatoms. The monoisotopic (exact) mass is 469 g/mol. The van der Waals surface area contributed by atoms with Gasteiger partial charge < -0.3 is 4.74 Å². The number of carbonyl (C=O) groups is 1. The molecular weight excluding hydrogens is 442 g/mol. The molecule has 172 valence electrons. The fraction of sp³-hybridized carbons (Fsp3) is 0.167. The Bertz CT molecular complexity index is 1100. The molecular formula is C30H28ClNO2. The highest BCUT2D eigenvalue weighted by Crippen LogP contribution is 2.31. The Labute approximate surface area is 206 Å². The molecule has 0 spiro atoms. The third-order valence-corrected chi connectivity index (χ3v) is 6.20. The lowest BCUT2D eigenvalue weighted by Crippen LogP contribution is -2.44. The number of nitrogens with zero attached hydrogens (tertiary/aromatic N) is 1. The maximum atomic E-state index is 13.6. The van der Waals surface area contributed by atoms with Crippen LogP contribution < -0.4 is 0 Å². The Balaban J connectivity index is 1.66. The van der Waals surface area contributed by atoms with Crippen molar-refractivity contribution in [3.63, 3.8) is 0 Å². The Morgan fingerprint density at radius 2 is 1.06 bits per heavy atom. The predicted octanol–water partition coefficient (Wildman–Crippen LogP) is 6.78. The van der Waals surface area contributed by atoms with E-state index in [2.05, 4.69) is 29.2 Å². The molecule has 0 bridgehead atoms. The standard InChI is InChI=1S/C30H28ClNO2/c31-28(27-19-11-4-12-20-27)29(30(33)34-23-26-17-9-3-10-18-26)32(21-24-13-5-1-6-14-24)22-25-15-7-2-8-16-25/h1-20,28-29H,21-23H2/t28-,29+/m1/s1. The minimum absolute atomic E-state index is 0.207. The molecule has 0 aliphatic rings. The predicted molar refractivity (Wildman–Crippen MR) is 137 cm³/mol. The Hall–Kier alpha value is -3.40. The zero-order chi connectivity index (χ0) is 23.6. The average Bonchev–Trinajstić information content (AvgIpc) is 2.90. The molecule has 2 atom stereocenters. The minimum atomic E-state index is -0.673. The molecule has 0 saturated carbocycles. The maximum Gasteiger partial charge on any atom is 0.325 e. The summed E-state index contributed by atoms with van der Waals surface area (Å²) in [5.74, 6) is -0.334. The van der Waals surface area contributed by atoms with Crippen LogP contribution in [0, 0.1) is 0 Å². The molecule has 4 rings (SSSR count). The summed E-state index contributed by atoms with van der Waals surface area (Å²) in [5.41, 5.74) is 4.04. The second-order valence-electron chi connectivity index (χ2n) is 8.23. The van der Waals surface area contributed by atoms with Gasteiger partial charge in [-0.2, -0.15) is 0 Å². The molecule has 0 amide bonds. The number of hydrogen-bond acceptors (Lipinski definition) is 3. The van der Waals surface area contributed by atoms with E-state index in [1.165, 1.54) is 0 Å². The average molecular weight is 470 g/mol. The van der Waals surface area contributed by atoms with Gasteiger partial charge in [-0.05, 0) is 22.3 Å². The maximum absolute atomic E-state index is 13.6. The molecule has 3 nitrogen and oxygen atoms in total. The van der Waals surface area contributed by atoms with Crippen molar-refractivity contribution in [3.8, 4) is 0 Å². The summed E-state index contributed by atoms with van der Waals surface area (Å²) in [6.45, 7) is 1.34. The van der Waals surface area contributed by atoms with Gasteiger partial charge in [0.1, 0.15) is 12.6 Å². The van der Waals surface area contributed by atoms with E-state index in [1.54, 1.807) is 0 Å². The van der Waals surface area contributed by atoms with Gasteiger partial charge in [-0.25, -0.2) is 0 Å². The van der Waals surface area contributed by atoms with Crippen LogP contribution in [0.15, 0.2) is 121 Å². The van der Waals surface area contributed by atoms with Gasteiger partial charge in [-0.1, -0.05) is 121 Å². The second-order valence-corrected chi connectivity index (χ2v) is 8.70. The number of halogens is 1. The Kier molecular flexibility index (Phi) is 8.50. The van der Waals surface area contributed by atoms with Crippen LogP contribution >= 0.6 is 11.6 Å². The third kappa shape index (κ3) is 6.57. The van der Waals surface area contributed by atoms with Gasteiger partial charge in [-0.3, -0.25) is 9.69 Å². The van der Waals surface area contributed by atoms with Crippen molar-refractivity contribution in [1.29, 1.82) is 0 Å². The lowest BCUT2D eigenvalue weighted by atomic mass is 10.0. The van der Waals surface area contributed by atoms with Crippen LogP contribution in [-0.4, -0.2) is 16.9 Å². The first kappa shape index (κ1) is 23.7. The Morgan fingerprint density at radius 1 is 0.647 bits per heavy atom. The lowest BCUT2D eigenvalue weighted by molar-refractivity contribution is -0.152. The quantitative estimate of drug-likeness (QED) is 0.189. The molecule has 0 aliphatic carbocycles. The van der Waals surface area contributed by atoms with Gasteiger partial charge >= 0.3 is 5.97 Å². The largest absolute Gasteiger partial charge is 0.460 e. The van der Waals surface area contributed by atoms with E-state index in [-0.39, 0.29) is 12.6 Å². The fourth-order valence-electron chi connectivity index (χ4n) is 3.98. The van der Waals surface area contributed by atoms with Crippen molar-refractivity contribution in [1.82, 2.24) is 4.90 Å². The summed E-state index contributed by atoms with van der Waals surface area (Å²) < 4.78 is 5.82. The SMILES string of the molecule is O=C(OCc1ccccc1)[C@H]([C@H](Cl)c1ccccc1)N(Cc1ccccc1)Cc1ccccc1. The normalized spacial score (nSPS) is 12.8. The van der Waals surface area contributed by atoms with E-state index in [1.807, 2.05) is 97.1 Å². The smallest absolute Gasteiger partial charge is 0.325 e. The summed E-state index contributed by atoms with van der Waals surface area (Å²) in [4.78, 5) is 15.7. The number of rotatable bonds is 10. The van der Waals surface area contributed by atoms with E-state index in [9.17, 15) is 4.79 Å². The molecule has 0 unspecified atom stereocenters. The first-order valence-electron chi connectivity index (χ1n) is 11.4. The summed E-state index contributed by atoms with van der Waals surface area (Å²) in [7, 11) is 0. The van der Waals surface area contributed by atoms with E-state index < -0.39 is 11.4 Å². The zero-order valence-electron chi connectivity index (χ0n) is 19.0. The number of alkyl halides is 1. The van der Waals surface area contributed by atoms with E-state index in [0.717, 1.165) is 22.3 Å². The number of ether oxygens (including phenoxy) is 1. The second kappa shape index (κ2) is 12.2. The first-order valence-corrected chi connectivity index (χ1v) is 11.9. The highest BCUT2D eigenvalue weighted by Gasteiger charge is 2.35. The van der Waals surface area contributed by atoms with E-state index in [0.29, 0.717) is 13.1 Å². The highest BCUT2D eigenvalue weighted by molar-refractivity contribution is 6.22. The van der Waals surface area contributed by atoms with Crippen LogP contribution in [0.5, 0.6) is 0 Å². The topological polar surface area (TPSA) is 29.5 Å². The first-order chi connectivity index (χ1) is 16.7. The van der Waals surface area contributed by atoms with Gasteiger partial charge in [0.25, 0.3) is 0 Å². The van der Waals surface area contributed by atoms with Crippen molar-refractivity contribution in [2.75, 3.05) is 0 Å². The van der Waals surface area contributed by atoms with Crippen LogP contribution in [0.25, 0.3) is 0 Å². The molecule has 4 aromatic rings. The molecule has 0 radical (unpaired) electrons. The number of carbonyl (C=O) groups excluding carboxylic acids is 1. The third-order valence-electron chi connectivity index (χ3n) is 5.71. The molecule has 4 aromatic carbocycles. The van der Waals surface area contributed by atoms with Gasteiger partial charge in [0, 0.05) is 13.1 Å². The number of hydrogen-bond donors (Lipinski definition) is 0. The van der Waals surface area contributed by atoms with Crippen molar-refractivity contribution < 1.29 is 9.53 Å². The van der Waals surface area contributed by atoms with Crippen molar-refractivity contribution in [2.45, 2.75) is 31.1 Å². The molecule has 0 fully saturated rings. The number of benzene rings is 4. The van der Waals surface area contributed by atoms with Crippen molar-refractivity contribution in [3.05, 3.63) is 144 Å². The van der Waals surface area contributed by atoms with Gasteiger partial charge in [0.05, 0.1) is 5.38 Å². The summed E-state index contributed by atoms with van der Waals surface area (Å²) in [6.07, 6.45) is 0. The molecule has 0 aromatic heterocycles. The molecule has 0 aliphatic heterocycles. The molecule has 0 heterocycles. The van der Waals surface area contributed by atoms with Crippen molar-refractivity contribution in [2.24, 2.45) is 0 Å². The van der Waals surface area contributed by atoms with Gasteiger partial charge in [0.2, 0.25) is 0 Å². The summed E-state index contributed by atoms with van der Waals surface area (Å²) in [5, 5.41) is -0.572.